The van der Waals surface area contributed by atoms with Crippen LogP contribution in [-0.4, -0.2) is 23.5 Å². The number of aromatic nitrogens is 1. The molecule has 1 aromatic carbocycles. The molecule has 1 heterocycles. The van der Waals surface area contributed by atoms with Crippen LogP contribution in [-0.2, 0) is 4.74 Å². The van der Waals surface area contributed by atoms with Gasteiger partial charge in [0.25, 0.3) is 5.91 Å². The fourth-order valence-electron chi connectivity index (χ4n) is 1.44. The summed E-state index contributed by atoms with van der Waals surface area (Å²) in [5.41, 5.74) is 2.15. The summed E-state index contributed by atoms with van der Waals surface area (Å²) in [5.74, 6) is -0.817. The first kappa shape index (κ1) is 13.2. The Kier molecular flexibility index (Phi) is 4.25. The highest BCUT2D eigenvalue weighted by Crippen LogP contribution is 2.21. The Morgan fingerprint density at radius 2 is 2.05 bits per heavy atom. The summed E-state index contributed by atoms with van der Waals surface area (Å²) in [7, 11) is 0. The Bertz CT molecular complexity index is 581. The van der Waals surface area contributed by atoms with Gasteiger partial charge in [0, 0.05) is 5.56 Å². The Morgan fingerprint density at radius 1 is 1.32 bits per heavy atom. The second-order valence-corrected chi connectivity index (χ2v) is 4.43. The average Bonchev–Trinajstić information content (AvgIpc) is 2.88. The molecule has 2 rings (SSSR count). The lowest BCUT2D eigenvalue weighted by Crippen LogP contribution is -2.14. The zero-order valence-electron chi connectivity index (χ0n) is 10.3. The molecule has 0 unspecified atom stereocenters. The number of esters is 1. The number of hydrogen-bond acceptors (Lipinski definition) is 5. The van der Waals surface area contributed by atoms with E-state index in [-0.39, 0.29) is 18.2 Å². The average molecular weight is 276 g/mol. The number of anilines is 1. The van der Waals surface area contributed by atoms with Crippen molar-refractivity contribution in [3.63, 3.8) is 0 Å². The van der Waals surface area contributed by atoms with Crippen molar-refractivity contribution in [1.82, 2.24) is 4.98 Å². The molecule has 0 radical (unpaired) electrons. The number of carbonyl (C=O) groups excluding carboxylic acids is 2. The number of amides is 1. The smallest absolute Gasteiger partial charge is 0.360 e. The van der Waals surface area contributed by atoms with Crippen molar-refractivity contribution in [2.24, 2.45) is 0 Å². The van der Waals surface area contributed by atoms with E-state index in [0.717, 1.165) is 0 Å². The van der Waals surface area contributed by atoms with E-state index >= 15 is 0 Å². The SMILES string of the molecule is CCOC(=O)c1ncsc1NC(=O)c1ccccc1. The molecule has 0 saturated heterocycles. The van der Waals surface area contributed by atoms with Crippen LogP contribution in [0.4, 0.5) is 5.00 Å². The molecule has 0 aliphatic rings. The Hall–Kier alpha value is -2.21. The zero-order chi connectivity index (χ0) is 13.7. The van der Waals surface area contributed by atoms with E-state index in [2.05, 4.69) is 10.3 Å². The van der Waals surface area contributed by atoms with Gasteiger partial charge in [-0.05, 0) is 19.1 Å². The number of rotatable bonds is 4. The minimum atomic E-state index is -0.535. The third-order valence-electron chi connectivity index (χ3n) is 2.30. The summed E-state index contributed by atoms with van der Waals surface area (Å²) in [6, 6.07) is 8.76. The normalized spacial score (nSPS) is 9.95. The number of ether oxygens (including phenoxy) is 1. The van der Waals surface area contributed by atoms with Gasteiger partial charge in [0.2, 0.25) is 0 Å². The number of thiazole rings is 1. The maximum atomic E-state index is 12.0. The van der Waals surface area contributed by atoms with Gasteiger partial charge in [0.1, 0.15) is 5.00 Å². The van der Waals surface area contributed by atoms with E-state index in [1.165, 1.54) is 16.8 Å². The van der Waals surface area contributed by atoms with Crippen LogP contribution in [0, 0.1) is 0 Å². The fourth-order valence-corrected chi connectivity index (χ4v) is 2.11. The predicted molar refractivity (Wildman–Crippen MR) is 72.5 cm³/mol. The first-order chi connectivity index (χ1) is 9.22. The molecule has 0 bridgehead atoms. The number of carbonyl (C=O) groups is 2. The molecule has 1 aromatic heterocycles. The quantitative estimate of drug-likeness (QED) is 0.871. The van der Waals surface area contributed by atoms with Crippen molar-refractivity contribution < 1.29 is 14.3 Å². The minimum Gasteiger partial charge on any atom is -0.461 e. The Balaban J connectivity index is 2.14. The summed E-state index contributed by atoms with van der Waals surface area (Å²) in [6.45, 7) is 1.98. The molecule has 0 aliphatic carbocycles. The monoisotopic (exact) mass is 276 g/mol. The van der Waals surface area contributed by atoms with Crippen molar-refractivity contribution in [1.29, 1.82) is 0 Å². The molecule has 2 aromatic rings. The van der Waals surface area contributed by atoms with Gasteiger partial charge in [0.05, 0.1) is 12.1 Å². The third kappa shape index (κ3) is 3.17. The maximum absolute atomic E-state index is 12.0. The van der Waals surface area contributed by atoms with E-state index in [0.29, 0.717) is 10.6 Å². The zero-order valence-corrected chi connectivity index (χ0v) is 11.1. The molecule has 0 fully saturated rings. The lowest BCUT2D eigenvalue weighted by molar-refractivity contribution is 0.0521. The highest BCUT2D eigenvalue weighted by atomic mass is 32.1. The second kappa shape index (κ2) is 6.10. The number of hydrogen-bond donors (Lipinski definition) is 1. The third-order valence-corrected chi connectivity index (χ3v) is 3.04. The summed E-state index contributed by atoms with van der Waals surface area (Å²) < 4.78 is 4.87. The van der Waals surface area contributed by atoms with Gasteiger partial charge in [-0.1, -0.05) is 18.2 Å². The van der Waals surface area contributed by atoms with Crippen LogP contribution in [0.5, 0.6) is 0 Å². The van der Waals surface area contributed by atoms with E-state index in [9.17, 15) is 9.59 Å². The topological polar surface area (TPSA) is 68.3 Å². The van der Waals surface area contributed by atoms with Crippen molar-refractivity contribution in [2.75, 3.05) is 11.9 Å². The van der Waals surface area contributed by atoms with Crippen LogP contribution in [0.25, 0.3) is 0 Å². The molecule has 0 spiro atoms. The van der Waals surface area contributed by atoms with Gasteiger partial charge in [-0.3, -0.25) is 4.79 Å². The fraction of sp³-hybridized carbons (Fsp3) is 0.154. The van der Waals surface area contributed by atoms with Crippen LogP contribution in [0.3, 0.4) is 0 Å². The van der Waals surface area contributed by atoms with Crippen LogP contribution < -0.4 is 5.32 Å². The molecular weight excluding hydrogens is 264 g/mol. The summed E-state index contributed by atoms with van der Waals surface area (Å²) in [6.07, 6.45) is 0. The van der Waals surface area contributed by atoms with Gasteiger partial charge in [-0.2, -0.15) is 0 Å². The van der Waals surface area contributed by atoms with Gasteiger partial charge in [-0.25, -0.2) is 9.78 Å². The minimum absolute atomic E-state index is 0.135. The van der Waals surface area contributed by atoms with Crippen molar-refractivity contribution in [2.45, 2.75) is 6.92 Å². The first-order valence-electron chi connectivity index (χ1n) is 5.69. The lowest BCUT2D eigenvalue weighted by Gasteiger charge is -2.04. The van der Waals surface area contributed by atoms with Crippen LogP contribution in [0.15, 0.2) is 35.8 Å². The van der Waals surface area contributed by atoms with E-state index in [4.69, 9.17) is 4.74 Å². The van der Waals surface area contributed by atoms with Crippen LogP contribution >= 0.6 is 11.3 Å². The van der Waals surface area contributed by atoms with Crippen LogP contribution in [0.2, 0.25) is 0 Å². The first-order valence-corrected chi connectivity index (χ1v) is 6.57. The molecule has 1 N–H and O–H groups in total. The molecule has 98 valence electrons. The van der Waals surface area contributed by atoms with E-state index in [1.807, 2.05) is 6.07 Å². The highest BCUT2D eigenvalue weighted by molar-refractivity contribution is 7.14. The molecule has 6 heteroatoms. The van der Waals surface area contributed by atoms with E-state index < -0.39 is 5.97 Å². The molecule has 0 saturated carbocycles. The molecular formula is C13H12N2O3S. The van der Waals surface area contributed by atoms with Crippen LogP contribution in [0.1, 0.15) is 27.8 Å². The molecule has 0 aliphatic heterocycles. The summed E-state index contributed by atoms with van der Waals surface area (Å²) >= 11 is 1.18. The summed E-state index contributed by atoms with van der Waals surface area (Å²) in [5, 5.41) is 3.06. The van der Waals surface area contributed by atoms with Gasteiger partial charge in [-0.15, -0.1) is 11.3 Å². The highest BCUT2D eigenvalue weighted by Gasteiger charge is 2.18. The lowest BCUT2D eigenvalue weighted by atomic mass is 10.2. The molecule has 1 amide bonds. The number of benzene rings is 1. The molecule has 5 nitrogen and oxygen atoms in total. The standard InChI is InChI=1S/C13H12N2O3S/c1-2-18-13(17)10-12(19-8-14-10)15-11(16)9-6-4-3-5-7-9/h3-8H,2H2,1H3,(H,15,16). The molecule has 0 atom stereocenters. The van der Waals surface area contributed by atoms with Crippen molar-refractivity contribution in [3.8, 4) is 0 Å². The maximum Gasteiger partial charge on any atom is 0.360 e. The van der Waals surface area contributed by atoms with Crippen molar-refractivity contribution in [3.05, 3.63) is 47.1 Å². The number of nitrogens with one attached hydrogen (secondary N) is 1. The Labute approximate surface area is 114 Å². The van der Waals surface area contributed by atoms with Gasteiger partial charge < -0.3 is 10.1 Å². The van der Waals surface area contributed by atoms with Gasteiger partial charge in [0.15, 0.2) is 5.69 Å². The second-order valence-electron chi connectivity index (χ2n) is 3.57. The largest absolute Gasteiger partial charge is 0.461 e. The summed E-state index contributed by atoms with van der Waals surface area (Å²) in [4.78, 5) is 27.5. The predicted octanol–water partition coefficient (Wildman–Crippen LogP) is 2.57. The Morgan fingerprint density at radius 3 is 2.74 bits per heavy atom. The van der Waals surface area contributed by atoms with E-state index in [1.54, 1.807) is 31.2 Å². The van der Waals surface area contributed by atoms with Gasteiger partial charge >= 0.3 is 5.97 Å². The molecule has 19 heavy (non-hydrogen) atoms. The number of nitrogens with zero attached hydrogens (tertiary/aromatic N) is 1. The van der Waals surface area contributed by atoms with Crippen molar-refractivity contribution >= 4 is 28.2 Å².